The third-order valence-corrected chi connectivity index (χ3v) is 20.1. The van der Waals surface area contributed by atoms with Gasteiger partial charge in [-0.05, 0) is 62.8 Å². The first-order valence-electron chi connectivity index (χ1n) is 37.5. The van der Waals surface area contributed by atoms with E-state index < -0.39 is 327 Å². The Hall–Kier alpha value is -10.8. The molecule has 10 amide bonds. The van der Waals surface area contributed by atoms with Crippen LogP contribution in [0.5, 0.6) is 0 Å². The van der Waals surface area contributed by atoms with E-state index >= 15 is 0 Å². The molecule has 19 atom stereocenters. The lowest BCUT2D eigenvalue weighted by molar-refractivity contribution is -0.144. The Morgan fingerprint density at radius 3 is 1.17 bits per heavy atom. The maximum atomic E-state index is 14.6. The van der Waals surface area contributed by atoms with E-state index in [0.717, 1.165) is 28.5 Å². The normalized spacial score (nSPS) is 16.0. The highest BCUT2D eigenvalue weighted by molar-refractivity contribution is 8.76. The van der Waals surface area contributed by atoms with Crippen LogP contribution in [0.2, 0.25) is 0 Å². The van der Waals surface area contributed by atoms with Crippen LogP contribution in [0.1, 0.15) is 100 Å². The van der Waals surface area contributed by atoms with E-state index in [1.807, 2.05) is 0 Å². The van der Waals surface area contributed by atoms with Crippen LogP contribution >= 0.6 is 21.6 Å². The predicted molar refractivity (Wildman–Crippen MR) is 420 cm³/mol. The molecule has 2 aromatic heterocycles. The molecule has 0 bridgehead atoms. The SMILES string of the molecule is CC(=O)N[C@@H](CCC(=O)NC[C@H](O)[C@@H](O)[C@H](O)[C@H](O)CO)C(=O)N[C@@H](CCC(=O)O)C(=O)N[C@@H](CCC(=O)NC[C@H](O)[C@@H](O)[C@H](O)[C@H](O)CO)C(=O)N[C@@H](CCC(=O)O)C(=O)N[C@@H](CCC(=O)NC[C@H](O)[C@@H](O)[C@H](O)[C@H](O)CO)C(=O)N[C@@H](CSSCCOC(=O)CC[C@H](NC(=O)c1ccc(NCc2cnc3nc(N)nc(N)c3n2)cc1)C(=O)O)C(=O)O. The van der Waals surface area contributed by atoms with Crippen LogP contribution in [0.15, 0.2) is 30.5 Å². The second kappa shape index (κ2) is 54.6. The van der Waals surface area contributed by atoms with Crippen molar-refractivity contribution >= 4 is 139 Å². The fourth-order valence-corrected chi connectivity index (χ4v) is 12.6. The lowest BCUT2D eigenvalue weighted by Crippen LogP contribution is -2.59. The Labute approximate surface area is 705 Å². The summed E-state index contributed by atoms with van der Waals surface area (Å²) in [6.07, 6.45) is -33.3. The summed E-state index contributed by atoms with van der Waals surface area (Å²) < 4.78 is 5.19. The van der Waals surface area contributed by atoms with Crippen molar-refractivity contribution in [3.8, 4) is 0 Å². The number of benzene rings is 1. The zero-order valence-corrected chi connectivity index (χ0v) is 67.3. The number of aliphatic hydroxyl groups excluding tert-OH is 15. The molecule has 34 N–H and O–H groups in total. The molecule has 2 heterocycles. The molecule has 688 valence electrons. The summed E-state index contributed by atoms with van der Waals surface area (Å²) in [6, 6.07) is -8.00. The number of rotatable bonds is 60. The number of aliphatic carboxylic acids is 4. The second-order valence-electron chi connectivity index (χ2n) is 27.3. The Balaban J connectivity index is 1.89. The van der Waals surface area contributed by atoms with Crippen molar-refractivity contribution in [3.63, 3.8) is 0 Å². The molecule has 0 aliphatic carbocycles. The van der Waals surface area contributed by atoms with E-state index in [9.17, 15) is 164 Å². The number of hydrogen-bond acceptors (Lipinski definition) is 40. The summed E-state index contributed by atoms with van der Waals surface area (Å²) in [5.74, 6) is -20.4. The number of carboxylic acid groups (broad SMARTS) is 4. The Kier molecular flexibility index (Phi) is 47.3. The molecule has 3 rings (SSSR count). The third kappa shape index (κ3) is 38.7. The number of fused-ring (bicyclic) bond motifs is 1. The summed E-state index contributed by atoms with van der Waals surface area (Å²) in [5.41, 5.74) is 12.9. The minimum Gasteiger partial charge on any atom is -0.481 e. The molecule has 3 aromatic rings. The molecule has 1 aromatic carbocycles. The number of carboxylic acids is 4. The largest absolute Gasteiger partial charge is 0.481 e. The molecule has 0 saturated heterocycles. The van der Waals surface area contributed by atoms with Crippen LogP contribution in [0, 0.1) is 0 Å². The Morgan fingerprint density at radius 1 is 0.431 bits per heavy atom. The van der Waals surface area contributed by atoms with Gasteiger partial charge in [0.25, 0.3) is 5.91 Å². The van der Waals surface area contributed by atoms with Gasteiger partial charge in [0.1, 0.15) is 104 Å². The van der Waals surface area contributed by atoms with Crippen LogP contribution in [-0.2, 0) is 78.4 Å². The lowest BCUT2D eigenvalue weighted by Gasteiger charge is -2.28. The number of aliphatic hydroxyl groups is 15. The molecule has 0 unspecified atom stereocenters. The molecule has 54 heteroatoms. The molecule has 0 spiro atoms. The first-order chi connectivity index (χ1) is 57.9. The number of aromatic nitrogens is 4. The summed E-state index contributed by atoms with van der Waals surface area (Å²) in [5, 5.41) is 213. The fraction of sp³-hybridized carbons (Fsp3) is 0.609. The second-order valence-corrected chi connectivity index (χ2v) is 30.0. The van der Waals surface area contributed by atoms with Gasteiger partial charge in [-0.2, -0.15) is 9.97 Å². The molecule has 0 aliphatic rings. The first-order valence-corrected chi connectivity index (χ1v) is 40.0. The highest BCUT2D eigenvalue weighted by Gasteiger charge is 2.38. The number of ether oxygens (including phenoxy) is 1. The Bertz CT molecular complexity index is 4020. The zero-order chi connectivity index (χ0) is 92.5. The van der Waals surface area contributed by atoms with E-state index in [0.29, 0.717) is 11.4 Å². The number of carbonyl (C=O) groups excluding carboxylic acids is 11. The van der Waals surface area contributed by atoms with Gasteiger partial charge in [-0.3, -0.25) is 62.3 Å². The van der Waals surface area contributed by atoms with Crippen molar-refractivity contribution in [1.82, 2.24) is 73.1 Å². The van der Waals surface area contributed by atoms with Gasteiger partial charge in [-0.25, -0.2) is 19.6 Å². The van der Waals surface area contributed by atoms with Gasteiger partial charge in [0, 0.05) is 87.8 Å². The van der Waals surface area contributed by atoms with Gasteiger partial charge in [0.15, 0.2) is 17.0 Å². The van der Waals surface area contributed by atoms with Crippen molar-refractivity contribution in [3.05, 3.63) is 41.7 Å². The van der Waals surface area contributed by atoms with E-state index in [1.165, 1.54) is 30.5 Å². The summed E-state index contributed by atoms with van der Waals surface area (Å²) in [7, 11) is 1.65. The number of carbonyl (C=O) groups is 15. The van der Waals surface area contributed by atoms with Crippen LogP contribution in [0.25, 0.3) is 11.2 Å². The minimum atomic E-state index is -2.22. The fourth-order valence-electron chi connectivity index (χ4n) is 10.7. The number of hydrogen-bond donors (Lipinski definition) is 32. The van der Waals surface area contributed by atoms with Crippen LogP contribution < -0.4 is 70.0 Å². The molecule has 0 aliphatic heterocycles. The smallest absolute Gasteiger partial charge is 0.327 e. The molecular weight excluding hydrogens is 1690 g/mol. The predicted octanol–water partition coefficient (Wildman–Crippen LogP) is -13.2. The molecule has 0 saturated carbocycles. The van der Waals surface area contributed by atoms with E-state index in [-0.39, 0.29) is 47.4 Å². The minimum absolute atomic E-state index is 0.0190. The average Bonchev–Trinajstić information content (AvgIpc) is 0.816. The maximum Gasteiger partial charge on any atom is 0.327 e. The van der Waals surface area contributed by atoms with Crippen molar-refractivity contribution < 1.29 is 174 Å². The third-order valence-electron chi connectivity index (χ3n) is 17.7. The van der Waals surface area contributed by atoms with Gasteiger partial charge in [-0.1, -0.05) is 21.6 Å². The summed E-state index contributed by atoms with van der Waals surface area (Å²) >= 11 is 0. The van der Waals surface area contributed by atoms with Crippen LogP contribution in [0.4, 0.5) is 17.5 Å². The van der Waals surface area contributed by atoms with Gasteiger partial charge in [0.05, 0.1) is 56.6 Å². The van der Waals surface area contributed by atoms with Gasteiger partial charge < -0.3 is 172 Å². The van der Waals surface area contributed by atoms with Crippen molar-refractivity contribution in [2.24, 2.45) is 0 Å². The van der Waals surface area contributed by atoms with E-state index in [2.05, 4.69) is 78.4 Å². The number of amides is 10. The average molecular weight is 1800 g/mol. The highest BCUT2D eigenvalue weighted by atomic mass is 33.1. The van der Waals surface area contributed by atoms with Gasteiger partial charge in [-0.15, -0.1) is 0 Å². The van der Waals surface area contributed by atoms with Crippen LogP contribution in [-0.4, -0.2) is 379 Å². The molecule has 0 fully saturated rings. The monoisotopic (exact) mass is 1800 g/mol. The van der Waals surface area contributed by atoms with E-state index in [4.69, 9.17) is 21.3 Å². The quantitative estimate of drug-likeness (QED) is 0.0142. The summed E-state index contributed by atoms with van der Waals surface area (Å²) in [6.45, 7) is -5.15. The number of nitrogens with two attached hydrogens (primary N) is 2. The number of nitrogen functional groups attached to an aromatic ring is 2. The maximum absolute atomic E-state index is 14.6. The molecule has 0 radical (unpaired) electrons. The van der Waals surface area contributed by atoms with E-state index in [1.54, 1.807) is 0 Å². The summed E-state index contributed by atoms with van der Waals surface area (Å²) in [4.78, 5) is 215. The molecular formula is C69H105N17O35S2. The lowest BCUT2D eigenvalue weighted by atomic mass is 10.0. The topological polar surface area (TPSA) is 886 Å². The number of nitrogens with one attached hydrogen (secondary N) is 11. The van der Waals surface area contributed by atoms with Crippen molar-refractivity contribution in [1.29, 1.82) is 0 Å². The number of anilines is 3. The van der Waals surface area contributed by atoms with Crippen LogP contribution in [0.3, 0.4) is 0 Å². The number of nitrogens with zero attached hydrogens (tertiary/aromatic N) is 4. The highest BCUT2D eigenvalue weighted by Crippen LogP contribution is 2.23. The van der Waals surface area contributed by atoms with Gasteiger partial charge in [0.2, 0.25) is 59.1 Å². The zero-order valence-electron chi connectivity index (χ0n) is 65.7. The van der Waals surface area contributed by atoms with Crippen molar-refractivity contribution in [2.45, 2.75) is 206 Å². The number of esters is 1. The molecule has 123 heavy (non-hydrogen) atoms. The standard InChI is InChI=1S/C69H105N17O35S2/c1-29(90)77-33(6-12-46(97)73-22-40(91)53(105)56(108)43(94)25-87)62(112)81-36(9-15-49(100)101)64(114)79-34(7-13-47(98)74-23-41(92)54(106)57(109)44(95)26-88)63(113)82-37(10-16-50(102)103)65(115)80-35(8-14-48(99)75-24-42(93)55(107)58(110)45(96)27-89)66(116)84-39(68(119)120)28-123-122-19-18-121-51(104)17-11-38(67(117)118)83-61(111)30-2-4-31(5-3-30)72-20-32-21-76-60-52(78-32)59(70)85-69(71)86-60/h2-5,21,33-45,53-58,72,87-89,91-96,105-110H,6-20,22-28H2,1H3,(H,73,97)(H,74,98)(H,75,99)(H,77,90)(H,79,114)(H,80,115)(H,81,112)(H,82,113)(H,83,111)(H,84,116)(H,100,101)(H,102,103)(H,117,118)(H,119,120)(H4,70,71,76,85,86)/t33-,34-,35-,36-,37-,38-,39-,40-,41-,42-,43+,44+,45+,53+,54+,55+,56+,57+,58+/m0/s1. The first kappa shape index (κ1) is 106. The molecule has 52 nitrogen and oxygen atoms in total. The Morgan fingerprint density at radius 2 is 0.797 bits per heavy atom. The van der Waals surface area contributed by atoms with Gasteiger partial charge >= 0.3 is 29.8 Å². The van der Waals surface area contributed by atoms with Crippen molar-refractivity contribution in [2.75, 3.05) is 74.4 Å².